The van der Waals surface area contributed by atoms with E-state index >= 15 is 0 Å². The molecular formula is C13H17NO6S. The maximum Gasteiger partial charge on any atom is 0.323 e. The summed E-state index contributed by atoms with van der Waals surface area (Å²) in [6.45, 7) is 2.26. The molecule has 0 spiro atoms. The Kier molecular flexibility index (Phi) is 4.69. The van der Waals surface area contributed by atoms with E-state index in [0.717, 1.165) is 12.5 Å². The number of hydrogen-bond donors (Lipinski definition) is 2. The molecule has 2 N–H and O–H groups in total. The van der Waals surface area contributed by atoms with Crippen LogP contribution in [-0.2, 0) is 21.2 Å². The number of carboxylic acid groups (broad SMARTS) is 1. The molecule has 0 radical (unpaired) electrons. The third-order valence-corrected chi connectivity index (χ3v) is 4.88. The first-order valence-corrected chi connectivity index (χ1v) is 8.04. The van der Waals surface area contributed by atoms with Crippen LogP contribution in [0.3, 0.4) is 0 Å². The van der Waals surface area contributed by atoms with Crippen molar-refractivity contribution in [3.05, 3.63) is 23.8 Å². The average molecular weight is 315 g/mol. The smallest absolute Gasteiger partial charge is 0.323 e. The molecule has 1 unspecified atom stereocenters. The van der Waals surface area contributed by atoms with Crippen LogP contribution >= 0.6 is 0 Å². The first-order valence-electron chi connectivity index (χ1n) is 6.50. The predicted molar refractivity (Wildman–Crippen MR) is 75.2 cm³/mol. The molecule has 0 saturated carbocycles. The van der Waals surface area contributed by atoms with Crippen LogP contribution in [0.2, 0.25) is 0 Å². The molecule has 0 saturated heterocycles. The van der Waals surface area contributed by atoms with Gasteiger partial charge in [-0.2, -0.15) is 0 Å². The van der Waals surface area contributed by atoms with Gasteiger partial charge in [-0.15, -0.1) is 0 Å². The Labute approximate surface area is 122 Å². The van der Waals surface area contributed by atoms with Crippen LogP contribution in [0.25, 0.3) is 0 Å². The van der Waals surface area contributed by atoms with Crippen molar-refractivity contribution in [1.29, 1.82) is 0 Å². The minimum absolute atomic E-state index is 0.125. The molecule has 7 nitrogen and oxygen atoms in total. The zero-order valence-electron chi connectivity index (χ0n) is 11.5. The van der Waals surface area contributed by atoms with Gasteiger partial charge in [0.25, 0.3) is 0 Å². The van der Waals surface area contributed by atoms with Crippen LogP contribution in [0.15, 0.2) is 18.2 Å². The fraction of sp³-hybridized carbons (Fsp3) is 0.462. The molecular weight excluding hydrogens is 298 g/mol. The van der Waals surface area contributed by atoms with Gasteiger partial charge in [0.1, 0.15) is 13.2 Å². The standard InChI is InChI=1S/C13H17NO6S/c1-9(13(15)16)21(17,18)14-5-4-10-2-3-11-12(8-10)20-7-6-19-11/h2-3,8-9,14H,4-7H2,1H3,(H,15,16). The highest BCUT2D eigenvalue weighted by Gasteiger charge is 2.26. The molecule has 0 fully saturated rings. The Morgan fingerprint density at radius 3 is 2.67 bits per heavy atom. The number of hydrogen-bond acceptors (Lipinski definition) is 5. The van der Waals surface area contributed by atoms with Gasteiger partial charge in [0.2, 0.25) is 10.0 Å². The Balaban J connectivity index is 1.93. The van der Waals surface area contributed by atoms with Crippen molar-refractivity contribution in [3.8, 4) is 11.5 Å². The summed E-state index contributed by atoms with van der Waals surface area (Å²) in [6.07, 6.45) is 0.433. The van der Waals surface area contributed by atoms with E-state index in [0.29, 0.717) is 31.1 Å². The van der Waals surface area contributed by atoms with E-state index in [-0.39, 0.29) is 6.54 Å². The molecule has 1 atom stereocenters. The van der Waals surface area contributed by atoms with E-state index < -0.39 is 21.2 Å². The van der Waals surface area contributed by atoms with Crippen LogP contribution in [0, 0.1) is 0 Å². The summed E-state index contributed by atoms with van der Waals surface area (Å²) in [6, 6.07) is 5.39. The molecule has 0 aliphatic carbocycles. The van der Waals surface area contributed by atoms with E-state index in [9.17, 15) is 13.2 Å². The zero-order valence-corrected chi connectivity index (χ0v) is 12.4. The second-order valence-corrected chi connectivity index (χ2v) is 6.73. The van der Waals surface area contributed by atoms with Gasteiger partial charge in [-0.1, -0.05) is 6.07 Å². The number of benzene rings is 1. The lowest BCUT2D eigenvalue weighted by molar-refractivity contribution is -0.136. The van der Waals surface area contributed by atoms with Crippen molar-refractivity contribution < 1.29 is 27.8 Å². The van der Waals surface area contributed by atoms with Gasteiger partial charge in [-0.3, -0.25) is 4.79 Å². The van der Waals surface area contributed by atoms with Gasteiger partial charge >= 0.3 is 5.97 Å². The molecule has 0 aromatic heterocycles. The quantitative estimate of drug-likeness (QED) is 0.787. The molecule has 8 heteroatoms. The third kappa shape index (κ3) is 3.85. The number of fused-ring (bicyclic) bond motifs is 1. The van der Waals surface area contributed by atoms with E-state index in [2.05, 4.69) is 4.72 Å². The van der Waals surface area contributed by atoms with Gasteiger partial charge in [-0.05, 0) is 31.0 Å². The number of ether oxygens (including phenoxy) is 2. The molecule has 21 heavy (non-hydrogen) atoms. The van der Waals surface area contributed by atoms with Gasteiger partial charge in [0.05, 0.1) is 0 Å². The van der Waals surface area contributed by atoms with Crippen molar-refractivity contribution in [2.75, 3.05) is 19.8 Å². The number of carbonyl (C=O) groups is 1. The van der Waals surface area contributed by atoms with Gasteiger partial charge in [-0.25, -0.2) is 13.1 Å². The lowest BCUT2D eigenvalue weighted by atomic mass is 10.1. The molecule has 2 rings (SSSR count). The number of aliphatic carboxylic acids is 1. The fourth-order valence-corrected chi connectivity index (χ4v) is 2.74. The zero-order chi connectivity index (χ0) is 15.5. The predicted octanol–water partition coefficient (Wildman–Crippen LogP) is 0.393. The third-order valence-electron chi connectivity index (χ3n) is 3.14. The number of sulfonamides is 1. The van der Waals surface area contributed by atoms with Gasteiger partial charge in [0, 0.05) is 6.54 Å². The van der Waals surface area contributed by atoms with Crippen molar-refractivity contribution >= 4 is 16.0 Å². The highest BCUT2D eigenvalue weighted by atomic mass is 32.2. The molecule has 1 heterocycles. The van der Waals surface area contributed by atoms with Crippen molar-refractivity contribution in [3.63, 3.8) is 0 Å². The highest BCUT2D eigenvalue weighted by molar-refractivity contribution is 7.90. The summed E-state index contributed by atoms with van der Waals surface area (Å²) in [5.74, 6) is -0.0626. The SMILES string of the molecule is CC(C(=O)O)S(=O)(=O)NCCc1ccc2c(c1)OCCO2. The maximum absolute atomic E-state index is 11.7. The Morgan fingerprint density at radius 1 is 1.33 bits per heavy atom. The summed E-state index contributed by atoms with van der Waals surface area (Å²) < 4.78 is 36.4. The monoisotopic (exact) mass is 315 g/mol. The molecule has 0 bridgehead atoms. The van der Waals surface area contributed by atoms with E-state index in [4.69, 9.17) is 14.6 Å². The Hall–Kier alpha value is -1.80. The van der Waals surface area contributed by atoms with Crippen LogP contribution < -0.4 is 14.2 Å². The van der Waals surface area contributed by atoms with E-state index in [1.165, 1.54) is 0 Å². The highest BCUT2D eigenvalue weighted by Crippen LogP contribution is 2.30. The van der Waals surface area contributed by atoms with Crippen LogP contribution in [0.4, 0.5) is 0 Å². The molecule has 1 aliphatic heterocycles. The second kappa shape index (κ2) is 6.31. The number of rotatable bonds is 6. The topological polar surface area (TPSA) is 102 Å². The van der Waals surface area contributed by atoms with Crippen LogP contribution in [0.5, 0.6) is 11.5 Å². The molecule has 1 aliphatic rings. The lowest BCUT2D eigenvalue weighted by Gasteiger charge is -2.19. The number of nitrogens with one attached hydrogen (secondary N) is 1. The van der Waals surface area contributed by atoms with Gasteiger partial charge < -0.3 is 14.6 Å². The molecule has 0 amide bonds. The van der Waals surface area contributed by atoms with Crippen molar-refractivity contribution in [1.82, 2.24) is 4.72 Å². The van der Waals surface area contributed by atoms with E-state index in [1.807, 2.05) is 6.07 Å². The normalized spacial score (nSPS) is 15.5. The van der Waals surface area contributed by atoms with Gasteiger partial charge in [0.15, 0.2) is 16.7 Å². The first-order chi connectivity index (χ1) is 9.90. The minimum atomic E-state index is -3.85. The fourth-order valence-electron chi connectivity index (χ4n) is 1.84. The summed E-state index contributed by atoms with van der Waals surface area (Å²) in [5.41, 5.74) is 0.880. The molecule has 1 aromatic rings. The lowest BCUT2D eigenvalue weighted by Crippen LogP contribution is -2.38. The second-order valence-electron chi connectivity index (χ2n) is 4.65. The number of carboxylic acids is 1. The van der Waals surface area contributed by atoms with Crippen LogP contribution in [0.1, 0.15) is 12.5 Å². The first kappa shape index (κ1) is 15.6. The van der Waals surface area contributed by atoms with Crippen LogP contribution in [-0.4, -0.2) is 44.5 Å². The molecule has 116 valence electrons. The van der Waals surface area contributed by atoms with Crippen molar-refractivity contribution in [2.24, 2.45) is 0 Å². The summed E-state index contributed by atoms with van der Waals surface area (Å²) in [4.78, 5) is 10.7. The summed E-state index contributed by atoms with van der Waals surface area (Å²) >= 11 is 0. The van der Waals surface area contributed by atoms with Crippen molar-refractivity contribution in [2.45, 2.75) is 18.6 Å². The summed E-state index contributed by atoms with van der Waals surface area (Å²) in [5, 5.41) is 7.24. The minimum Gasteiger partial charge on any atom is -0.486 e. The average Bonchev–Trinajstić information content (AvgIpc) is 2.46. The Morgan fingerprint density at radius 2 is 2.00 bits per heavy atom. The molecule has 1 aromatic carbocycles. The van der Waals surface area contributed by atoms with E-state index in [1.54, 1.807) is 12.1 Å². The largest absolute Gasteiger partial charge is 0.486 e. The Bertz CT molecular complexity index is 628. The maximum atomic E-state index is 11.7. The summed E-state index contributed by atoms with van der Waals surface area (Å²) in [7, 11) is -3.85.